The second-order valence-corrected chi connectivity index (χ2v) is 8.22. The van der Waals surface area contributed by atoms with Crippen molar-refractivity contribution >= 4 is 57.7 Å². The van der Waals surface area contributed by atoms with E-state index in [0.29, 0.717) is 15.9 Å². The SMILES string of the molecule is COc1ccc2c(c1)c(=O)n(C(=O)O)n2Cc1c(F)cccc1Cl.NC(=O)c1c(Cl)cccc1Cl. The van der Waals surface area contributed by atoms with Gasteiger partial charge in [0, 0.05) is 10.6 Å². The van der Waals surface area contributed by atoms with E-state index in [4.69, 9.17) is 45.3 Å². The summed E-state index contributed by atoms with van der Waals surface area (Å²) in [5, 5.41) is 10.2. The van der Waals surface area contributed by atoms with Crippen LogP contribution in [0.3, 0.4) is 0 Å². The quantitative estimate of drug-likeness (QED) is 0.366. The van der Waals surface area contributed by atoms with E-state index in [1.807, 2.05) is 0 Å². The average Bonchev–Trinajstić information content (AvgIpc) is 3.07. The Morgan fingerprint density at radius 1 is 1.03 bits per heavy atom. The molecular weight excluding hydrogens is 524 g/mol. The van der Waals surface area contributed by atoms with Crippen molar-refractivity contribution in [1.82, 2.24) is 9.36 Å². The molecule has 1 amide bonds. The molecule has 3 aromatic carbocycles. The first-order chi connectivity index (χ1) is 16.6. The van der Waals surface area contributed by atoms with Crippen molar-refractivity contribution in [1.29, 1.82) is 0 Å². The van der Waals surface area contributed by atoms with Gasteiger partial charge >= 0.3 is 6.09 Å². The Morgan fingerprint density at radius 2 is 1.63 bits per heavy atom. The Balaban J connectivity index is 0.000000261. The lowest BCUT2D eigenvalue weighted by atomic mass is 10.2. The van der Waals surface area contributed by atoms with E-state index in [-0.39, 0.29) is 38.1 Å². The van der Waals surface area contributed by atoms with Crippen LogP contribution in [0.1, 0.15) is 15.9 Å². The van der Waals surface area contributed by atoms with Gasteiger partial charge in [-0.1, -0.05) is 46.9 Å². The third-order valence-electron chi connectivity index (χ3n) is 4.91. The number of carboxylic acid groups (broad SMARTS) is 1. The molecule has 0 radical (unpaired) electrons. The largest absolute Gasteiger partial charge is 0.497 e. The first-order valence-electron chi connectivity index (χ1n) is 9.76. The summed E-state index contributed by atoms with van der Waals surface area (Å²) in [5.41, 5.74) is 4.89. The highest BCUT2D eigenvalue weighted by molar-refractivity contribution is 6.39. The molecule has 0 aliphatic heterocycles. The van der Waals surface area contributed by atoms with Crippen molar-refractivity contribution in [3.63, 3.8) is 0 Å². The van der Waals surface area contributed by atoms with Crippen LogP contribution in [0.2, 0.25) is 15.1 Å². The summed E-state index contributed by atoms with van der Waals surface area (Å²) < 4.78 is 20.8. The number of carbonyl (C=O) groups is 2. The van der Waals surface area contributed by atoms with Crippen LogP contribution in [0, 0.1) is 5.82 Å². The van der Waals surface area contributed by atoms with Gasteiger partial charge in [0.2, 0.25) is 0 Å². The summed E-state index contributed by atoms with van der Waals surface area (Å²) in [7, 11) is 1.44. The van der Waals surface area contributed by atoms with E-state index in [1.165, 1.54) is 36.1 Å². The lowest BCUT2D eigenvalue weighted by Gasteiger charge is -2.11. The first kappa shape index (κ1) is 26.1. The average molecular weight is 541 g/mol. The number of halogens is 4. The van der Waals surface area contributed by atoms with Crippen molar-refractivity contribution in [2.45, 2.75) is 6.54 Å². The van der Waals surface area contributed by atoms with Crippen LogP contribution < -0.4 is 16.0 Å². The predicted octanol–water partition coefficient (Wildman–Crippen LogP) is 5.27. The molecule has 0 fully saturated rings. The highest BCUT2D eigenvalue weighted by atomic mass is 35.5. The number of methoxy groups -OCH3 is 1. The van der Waals surface area contributed by atoms with Gasteiger partial charge in [-0.2, -0.15) is 0 Å². The molecule has 0 aliphatic rings. The fourth-order valence-corrected chi connectivity index (χ4v) is 4.09. The molecule has 35 heavy (non-hydrogen) atoms. The van der Waals surface area contributed by atoms with Gasteiger partial charge in [-0.15, -0.1) is 4.68 Å². The standard InChI is InChI=1S/C16H12ClFN2O4.C7H5Cl2NO/c1-24-9-5-6-14-10(7-9)15(21)20(16(22)23)19(14)8-11-12(17)3-2-4-13(11)18;8-4-2-1-3-5(9)6(4)7(10)11/h2-7H,8H2,1H3,(H,22,23);1-3H,(H2,10,11). The van der Waals surface area contributed by atoms with Crippen LogP contribution in [0.5, 0.6) is 5.75 Å². The van der Waals surface area contributed by atoms with Crippen LogP contribution in [0.15, 0.2) is 59.4 Å². The molecule has 182 valence electrons. The maximum Gasteiger partial charge on any atom is 0.434 e. The molecule has 0 aliphatic carbocycles. The minimum Gasteiger partial charge on any atom is -0.497 e. The number of fused-ring (bicyclic) bond motifs is 1. The van der Waals surface area contributed by atoms with Crippen molar-refractivity contribution < 1.29 is 23.8 Å². The summed E-state index contributed by atoms with van der Waals surface area (Å²) >= 11 is 17.3. The number of amides is 1. The van der Waals surface area contributed by atoms with Gasteiger partial charge in [-0.05, 0) is 42.5 Å². The molecule has 4 rings (SSSR count). The van der Waals surface area contributed by atoms with E-state index < -0.39 is 23.4 Å². The summed E-state index contributed by atoms with van der Waals surface area (Å²) in [5.74, 6) is -0.777. The number of nitrogens with two attached hydrogens (primary N) is 1. The summed E-state index contributed by atoms with van der Waals surface area (Å²) in [6.45, 7) is -0.205. The second-order valence-electron chi connectivity index (χ2n) is 7.00. The molecule has 8 nitrogen and oxygen atoms in total. The van der Waals surface area contributed by atoms with Gasteiger partial charge in [0.1, 0.15) is 11.6 Å². The highest BCUT2D eigenvalue weighted by Crippen LogP contribution is 2.24. The van der Waals surface area contributed by atoms with Crippen molar-refractivity contribution in [2.75, 3.05) is 7.11 Å². The van der Waals surface area contributed by atoms with Gasteiger partial charge in [-0.3, -0.25) is 14.3 Å². The highest BCUT2D eigenvalue weighted by Gasteiger charge is 2.20. The Labute approximate surface area is 212 Å². The lowest BCUT2D eigenvalue weighted by molar-refractivity contribution is 0.100. The van der Waals surface area contributed by atoms with E-state index in [9.17, 15) is 23.9 Å². The number of hydrogen-bond acceptors (Lipinski definition) is 4. The smallest absolute Gasteiger partial charge is 0.434 e. The Morgan fingerprint density at radius 3 is 2.14 bits per heavy atom. The number of rotatable bonds is 4. The minimum atomic E-state index is -1.47. The monoisotopic (exact) mass is 539 g/mol. The molecule has 1 aromatic heterocycles. The minimum absolute atomic E-state index is 0.0990. The Bertz CT molecular complexity index is 1460. The molecule has 12 heteroatoms. The number of aromatic nitrogens is 2. The van der Waals surface area contributed by atoms with E-state index in [0.717, 1.165) is 0 Å². The van der Waals surface area contributed by atoms with Gasteiger partial charge in [0.15, 0.2) is 0 Å². The number of carbonyl (C=O) groups excluding carboxylic acids is 1. The number of hydrogen-bond donors (Lipinski definition) is 2. The molecule has 3 N–H and O–H groups in total. The number of ether oxygens (including phenoxy) is 1. The molecule has 0 bridgehead atoms. The Kier molecular flexibility index (Phi) is 8.06. The van der Waals surface area contributed by atoms with E-state index in [1.54, 1.807) is 30.3 Å². The Hall–Kier alpha value is -3.53. The molecule has 0 saturated heterocycles. The van der Waals surface area contributed by atoms with E-state index >= 15 is 0 Å². The number of nitrogens with zero attached hydrogens (tertiary/aromatic N) is 2. The number of benzene rings is 3. The van der Waals surface area contributed by atoms with E-state index in [2.05, 4.69) is 0 Å². The van der Waals surface area contributed by atoms with Gasteiger partial charge in [-0.25, -0.2) is 9.18 Å². The molecule has 1 heterocycles. The summed E-state index contributed by atoms with van der Waals surface area (Å²) in [4.78, 5) is 34.6. The van der Waals surface area contributed by atoms with Crippen LogP contribution in [0.4, 0.5) is 9.18 Å². The fourth-order valence-electron chi connectivity index (χ4n) is 3.28. The van der Waals surface area contributed by atoms with Crippen molar-refractivity contribution in [2.24, 2.45) is 5.73 Å². The molecular formula is C23H17Cl3FN3O5. The maximum atomic E-state index is 14.0. The van der Waals surface area contributed by atoms with Crippen molar-refractivity contribution in [3.05, 3.63) is 97.0 Å². The zero-order valence-electron chi connectivity index (χ0n) is 18.0. The second kappa shape index (κ2) is 10.8. The zero-order chi connectivity index (χ0) is 25.9. The van der Waals surface area contributed by atoms with Crippen LogP contribution in [0.25, 0.3) is 10.9 Å². The molecule has 0 saturated carbocycles. The van der Waals surface area contributed by atoms with Gasteiger partial charge < -0.3 is 15.6 Å². The summed E-state index contributed by atoms with van der Waals surface area (Å²) in [6.07, 6.45) is -1.47. The maximum absolute atomic E-state index is 14.0. The fraction of sp³-hybridized carbons (Fsp3) is 0.0870. The van der Waals surface area contributed by atoms with Crippen LogP contribution in [-0.2, 0) is 6.54 Å². The third kappa shape index (κ3) is 5.43. The third-order valence-corrected chi connectivity index (χ3v) is 5.89. The first-order valence-corrected chi connectivity index (χ1v) is 10.9. The molecule has 0 spiro atoms. The summed E-state index contributed by atoms with van der Waals surface area (Å²) in [6, 6.07) is 13.5. The van der Waals surface area contributed by atoms with Crippen LogP contribution in [-0.4, -0.2) is 33.6 Å². The molecule has 0 atom stereocenters. The predicted molar refractivity (Wildman–Crippen MR) is 132 cm³/mol. The van der Waals surface area contributed by atoms with Gasteiger partial charge in [0.25, 0.3) is 11.5 Å². The van der Waals surface area contributed by atoms with Crippen LogP contribution >= 0.6 is 34.8 Å². The molecule has 4 aromatic rings. The van der Waals surface area contributed by atoms with Gasteiger partial charge in [0.05, 0.1) is 40.2 Å². The lowest BCUT2D eigenvalue weighted by Crippen LogP contribution is -2.29. The van der Waals surface area contributed by atoms with Crippen molar-refractivity contribution in [3.8, 4) is 5.75 Å². The molecule has 0 unspecified atom stereocenters. The number of primary amides is 1. The normalized spacial score (nSPS) is 10.5. The zero-order valence-corrected chi connectivity index (χ0v) is 20.2. The topological polar surface area (TPSA) is 117 Å².